The maximum absolute atomic E-state index is 12.0. The summed E-state index contributed by atoms with van der Waals surface area (Å²) >= 11 is 4.07. The van der Waals surface area contributed by atoms with Crippen molar-refractivity contribution in [1.29, 1.82) is 0 Å². The number of nitrogens with one attached hydrogen (secondary N) is 1. The highest BCUT2D eigenvalue weighted by Gasteiger charge is 2.26. The van der Waals surface area contributed by atoms with Gasteiger partial charge in [0.15, 0.2) is 0 Å². The van der Waals surface area contributed by atoms with Crippen LogP contribution in [0.3, 0.4) is 0 Å². The second-order valence-electron chi connectivity index (χ2n) is 4.34. The van der Waals surface area contributed by atoms with Gasteiger partial charge in [-0.25, -0.2) is 13.0 Å². The SMILES string of the molecule is O=[N+]([O-])c1ccc(OP(=O)(O)CNS(=O)(=O)c2ccc(Br)s2)cc1. The molecule has 0 aliphatic carbocycles. The summed E-state index contributed by atoms with van der Waals surface area (Å²) in [5, 5.41) is 10.5. The number of halogens is 1. The number of benzene rings is 1. The minimum atomic E-state index is -4.33. The average molecular weight is 457 g/mol. The van der Waals surface area contributed by atoms with Gasteiger partial charge in [-0.1, -0.05) is 0 Å². The second kappa shape index (κ2) is 7.30. The average Bonchev–Trinajstić information content (AvgIpc) is 2.93. The van der Waals surface area contributed by atoms with Gasteiger partial charge in [0.2, 0.25) is 0 Å². The summed E-state index contributed by atoms with van der Waals surface area (Å²) in [5.41, 5.74) is -0.209. The van der Waals surface area contributed by atoms with Crippen LogP contribution in [-0.2, 0) is 14.6 Å². The van der Waals surface area contributed by atoms with Crippen LogP contribution < -0.4 is 9.25 Å². The lowest BCUT2D eigenvalue weighted by atomic mass is 10.3. The number of nitro groups is 1. The van der Waals surface area contributed by atoms with Crippen LogP contribution in [0.25, 0.3) is 0 Å². The van der Waals surface area contributed by atoms with Crippen LogP contribution in [0.2, 0.25) is 0 Å². The van der Waals surface area contributed by atoms with Crippen LogP contribution in [0.15, 0.2) is 44.4 Å². The summed E-state index contributed by atoms with van der Waals surface area (Å²) in [6.07, 6.45) is -0.845. The van der Waals surface area contributed by atoms with E-state index in [9.17, 15) is 28.0 Å². The lowest BCUT2D eigenvalue weighted by Crippen LogP contribution is -2.25. The first-order valence-corrected chi connectivity index (χ1v) is 11.0. The summed E-state index contributed by atoms with van der Waals surface area (Å²) in [5.74, 6) is -0.0931. The van der Waals surface area contributed by atoms with Gasteiger partial charge in [-0.15, -0.1) is 11.3 Å². The molecule has 24 heavy (non-hydrogen) atoms. The molecule has 9 nitrogen and oxygen atoms in total. The van der Waals surface area contributed by atoms with Crippen molar-refractivity contribution in [3.05, 3.63) is 50.3 Å². The lowest BCUT2D eigenvalue weighted by molar-refractivity contribution is -0.384. The molecule has 13 heteroatoms. The van der Waals surface area contributed by atoms with Crippen LogP contribution in [0.4, 0.5) is 5.69 Å². The van der Waals surface area contributed by atoms with Crippen LogP contribution in [0.5, 0.6) is 5.75 Å². The highest BCUT2D eigenvalue weighted by Crippen LogP contribution is 2.42. The fourth-order valence-electron chi connectivity index (χ4n) is 1.51. The summed E-state index contributed by atoms with van der Waals surface area (Å²) in [4.78, 5) is 19.6. The molecular weight excluding hydrogens is 447 g/mol. The van der Waals surface area contributed by atoms with Crippen molar-refractivity contribution in [1.82, 2.24) is 4.72 Å². The zero-order valence-corrected chi connectivity index (χ0v) is 15.8. The molecule has 2 rings (SSSR count). The predicted molar refractivity (Wildman–Crippen MR) is 90.8 cm³/mol. The van der Waals surface area contributed by atoms with Crippen molar-refractivity contribution >= 4 is 50.6 Å². The molecule has 0 spiro atoms. The Kier molecular flexibility index (Phi) is 5.78. The Labute approximate surface area is 149 Å². The molecular formula is C11H10BrN2O7PS2. The van der Waals surface area contributed by atoms with E-state index in [-0.39, 0.29) is 15.6 Å². The maximum Gasteiger partial charge on any atom is 0.391 e. The second-order valence-corrected chi connectivity index (χ2v) is 10.6. The van der Waals surface area contributed by atoms with E-state index >= 15 is 0 Å². The molecule has 2 aromatic rings. The normalized spacial score (nSPS) is 14.1. The van der Waals surface area contributed by atoms with Crippen LogP contribution in [0.1, 0.15) is 0 Å². The van der Waals surface area contributed by atoms with E-state index in [2.05, 4.69) is 15.9 Å². The van der Waals surface area contributed by atoms with Crippen molar-refractivity contribution in [3.8, 4) is 5.75 Å². The first kappa shape index (κ1) is 19.0. The van der Waals surface area contributed by atoms with E-state index in [1.807, 2.05) is 4.72 Å². The third-order valence-corrected chi connectivity index (χ3v) is 7.35. The zero-order chi connectivity index (χ0) is 18.0. The topological polar surface area (TPSA) is 136 Å². The Balaban J connectivity index is 2.03. The van der Waals surface area contributed by atoms with Crippen molar-refractivity contribution in [2.45, 2.75) is 4.21 Å². The molecule has 0 radical (unpaired) electrons. The Bertz CT molecular complexity index is 897. The largest absolute Gasteiger partial charge is 0.424 e. The standard InChI is InChI=1S/C11H10BrN2O7PS2/c12-10-5-6-11(23-10)24(19,20)13-7-22(17,18)21-9-3-1-8(2-4-9)14(15)16/h1-6,13H,7H2,(H,17,18). The quantitative estimate of drug-likeness (QED) is 0.371. The molecule has 1 heterocycles. The molecule has 1 aromatic heterocycles. The number of thiophene rings is 1. The maximum atomic E-state index is 12.0. The van der Waals surface area contributed by atoms with Gasteiger partial charge in [-0.3, -0.25) is 10.1 Å². The molecule has 130 valence electrons. The fraction of sp³-hybridized carbons (Fsp3) is 0.0909. The summed E-state index contributed by atoms with van der Waals surface area (Å²) < 4.78 is 43.3. The number of nitrogens with zero attached hydrogens (tertiary/aromatic N) is 1. The number of sulfonamides is 1. The molecule has 1 aromatic carbocycles. The van der Waals surface area contributed by atoms with Gasteiger partial charge in [0, 0.05) is 12.1 Å². The monoisotopic (exact) mass is 456 g/mol. The van der Waals surface area contributed by atoms with Crippen LogP contribution >= 0.6 is 34.9 Å². The minimum Gasteiger partial charge on any atom is -0.424 e. The smallest absolute Gasteiger partial charge is 0.391 e. The number of hydrogen-bond donors (Lipinski definition) is 2. The van der Waals surface area contributed by atoms with Gasteiger partial charge in [0.05, 0.1) is 8.71 Å². The molecule has 0 saturated heterocycles. The van der Waals surface area contributed by atoms with Crippen molar-refractivity contribution in [3.63, 3.8) is 0 Å². The Hall–Kier alpha value is -1.30. The molecule has 0 amide bonds. The Morgan fingerprint density at radius 1 is 1.29 bits per heavy atom. The number of hydrogen-bond acceptors (Lipinski definition) is 7. The summed E-state index contributed by atoms with van der Waals surface area (Å²) in [6.45, 7) is 0. The fourth-order valence-corrected chi connectivity index (χ4v) is 6.07. The molecule has 0 fully saturated rings. The van der Waals surface area contributed by atoms with Gasteiger partial charge >= 0.3 is 7.60 Å². The number of non-ortho nitro benzene ring substituents is 1. The Morgan fingerprint density at radius 3 is 2.42 bits per heavy atom. The van der Waals surface area contributed by atoms with Gasteiger partial charge in [0.25, 0.3) is 15.7 Å². The van der Waals surface area contributed by atoms with Crippen LogP contribution in [0, 0.1) is 10.1 Å². The van der Waals surface area contributed by atoms with Crippen LogP contribution in [-0.4, -0.2) is 24.5 Å². The lowest BCUT2D eigenvalue weighted by Gasteiger charge is -2.13. The zero-order valence-electron chi connectivity index (χ0n) is 11.7. The first-order chi connectivity index (χ1) is 11.1. The number of nitro benzene ring substituents is 1. The molecule has 0 aliphatic heterocycles. The molecule has 0 bridgehead atoms. The first-order valence-electron chi connectivity index (χ1n) is 6.10. The van der Waals surface area contributed by atoms with E-state index < -0.39 is 28.8 Å². The van der Waals surface area contributed by atoms with Gasteiger partial charge in [-0.05, 0) is 40.2 Å². The van der Waals surface area contributed by atoms with Gasteiger partial charge in [-0.2, -0.15) is 4.72 Å². The van der Waals surface area contributed by atoms with E-state index in [1.165, 1.54) is 12.1 Å². The number of rotatable bonds is 7. The minimum absolute atomic E-state index is 0.0234. The highest BCUT2D eigenvalue weighted by atomic mass is 79.9. The third-order valence-electron chi connectivity index (χ3n) is 2.56. The Morgan fingerprint density at radius 2 is 1.92 bits per heavy atom. The van der Waals surface area contributed by atoms with E-state index in [0.29, 0.717) is 3.79 Å². The molecule has 1 atom stereocenters. The summed E-state index contributed by atoms with van der Waals surface area (Å²) in [6, 6.07) is 7.37. The molecule has 0 aliphatic rings. The van der Waals surface area contributed by atoms with Crippen molar-refractivity contribution in [2.75, 3.05) is 6.29 Å². The highest BCUT2D eigenvalue weighted by molar-refractivity contribution is 9.11. The molecule has 1 unspecified atom stereocenters. The van der Waals surface area contributed by atoms with Crippen molar-refractivity contribution < 1.29 is 27.3 Å². The van der Waals surface area contributed by atoms with E-state index in [1.54, 1.807) is 0 Å². The summed E-state index contributed by atoms with van der Waals surface area (Å²) in [7, 11) is -8.28. The van der Waals surface area contributed by atoms with Crippen molar-refractivity contribution in [2.24, 2.45) is 0 Å². The van der Waals surface area contributed by atoms with Gasteiger partial charge < -0.3 is 9.42 Å². The molecule has 0 saturated carbocycles. The predicted octanol–water partition coefficient (Wildman–Crippen LogP) is 2.92. The van der Waals surface area contributed by atoms with E-state index in [0.717, 1.165) is 35.6 Å². The van der Waals surface area contributed by atoms with Gasteiger partial charge in [0.1, 0.15) is 16.2 Å². The third kappa shape index (κ3) is 5.10. The van der Waals surface area contributed by atoms with E-state index in [4.69, 9.17) is 4.52 Å². The molecule has 2 N–H and O–H groups in total.